The van der Waals surface area contributed by atoms with Crippen LogP contribution in [0.2, 0.25) is 0 Å². The maximum Gasteiger partial charge on any atom is 0.387 e. The van der Waals surface area contributed by atoms with Crippen molar-refractivity contribution in [3.63, 3.8) is 0 Å². The number of nitrogens with two attached hydrogens (primary N) is 1. The standard InChI is InChI=1S/C33H33F2N7O3/c34-31(35)45-26-15-13-24(14-16-26)27(43)21-42-30(44)28-29(38-32(42)37-18-22-8-3-1-4-9-22)39-33(40-17-7-12-25(36)20-40)41(28)19-23-10-5-2-6-11-23/h1-6,8-11,13-16,25,31H,7,12,17-21,36H2,(H,37,38). The monoisotopic (exact) mass is 613 g/mol. The number of nitrogens with zero attached hydrogens (tertiary/aromatic N) is 5. The SMILES string of the molecule is NC1CCCN(c2nc3nc(NCc4ccccc4)n(CC(=O)c4ccc(OC(F)F)cc4)c(=O)c3n2Cc2ccccc2)C1. The molecule has 3 aromatic carbocycles. The van der Waals surface area contributed by atoms with E-state index < -0.39 is 18.0 Å². The second-order valence-corrected chi connectivity index (χ2v) is 11.0. The number of nitrogens with one attached hydrogen (secondary N) is 1. The first-order chi connectivity index (χ1) is 21.9. The Bertz CT molecular complexity index is 1830. The fraction of sp³-hybridized carbons (Fsp3) is 0.273. The van der Waals surface area contributed by atoms with Gasteiger partial charge in [-0.3, -0.25) is 18.7 Å². The number of alkyl halides is 2. The van der Waals surface area contributed by atoms with Gasteiger partial charge >= 0.3 is 6.61 Å². The summed E-state index contributed by atoms with van der Waals surface area (Å²) in [4.78, 5) is 39.6. The van der Waals surface area contributed by atoms with Gasteiger partial charge in [0.2, 0.25) is 11.9 Å². The fourth-order valence-corrected chi connectivity index (χ4v) is 5.57. The normalized spacial score (nSPS) is 15.0. The van der Waals surface area contributed by atoms with E-state index in [1.807, 2.05) is 65.2 Å². The molecule has 0 saturated carbocycles. The molecule has 10 nitrogen and oxygen atoms in total. The van der Waals surface area contributed by atoms with E-state index in [4.69, 9.17) is 15.7 Å². The van der Waals surface area contributed by atoms with Crippen molar-refractivity contribution in [2.75, 3.05) is 23.3 Å². The van der Waals surface area contributed by atoms with E-state index in [9.17, 15) is 18.4 Å². The number of hydrogen-bond donors (Lipinski definition) is 2. The summed E-state index contributed by atoms with van der Waals surface area (Å²) in [5, 5.41) is 3.23. The Morgan fingerprint density at radius 2 is 1.64 bits per heavy atom. The number of fused-ring (bicyclic) bond motifs is 1. The minimum atomic E-state index is -2.98. The number of rotatable bonds is 11. The molecule has 3 heterocycles. The van der Waals surface area contributed by atoms with E-state index in [1.54, 1.807) is 0 Å². The number of Topliss-reactive ketones (excluding diaryl/α,β-unsaturated/α-hetero) is 1. The molecule has 1 unspecified atom stereocenters. The molecule has 0 aliphatic carbocycles. The molecule has 1 saturated heterocycles. The van der Waals surface area contributed by atoms with Crippen molar-refractivity contribution >= 4 is 28.8 Å². The minimum Gasteiger partial charge on any atom is -0.435 e. The first-order valence-corrected chi connectivity index (χ1v) is 14.8. The summed E-state index contributed by atoms with van der Waals surface area (Å²) in [7, 11) is 0. The number of piperidine rings is 1. The Hall–Kier alpha value is -5.10. The summed E-state index contributed by atoms with van der Waals surface area (Å²) >= 11 is 0. The topological polar surface area (TPSA) is 120 Å². The summed E-state index contributed by atoms with van der Waals surface area (Å²) in [5.74, 6) is 0.317. The highest BCUT2D eigenvalue weighted by Crippen LogP contribution is 2.25. The third-order valence-corrected chi connectivity index (χ3v) is 7.77. The van der Waals surface area contributed by atoms with E-state index in [0.29, 0.717) is 25.6 Å². The lowest BCUT2D eigenvalue weighted by Gasteiger charge is -2.31. The number of halogens is 2. The van der Waals surface area contributed by atoms with Gasteiger partial charge in [-0.2, -0.15) is 18.7 Å². The number of carbonyl (C=O) groups is 1. The van der Waals surface area contributed by atoms with Gasteiger partial charge in [0.25, 0.3) is 5.56 Å². The number of ether oxygens (including phenoxy) is 1. The summed E-state index contributed by atoms with van der Waals surface area (Å²) in [6, 6.07) is 24.7. The average Bonchev–Trinajstić information content (AvgIpc) is 3.40. The molecule has 1 aliphatic heterocycles. The molecule has 6 rings (SSSR count). The second-order valence-electron chi connectivity index (χ2n) is 11.0. The molecule has 1 atom stereocenters. The molecule has 232 valence electrons. The van der Waals surface area contributed by atoms with Gasteiger partial charge < -0.3 is 20.7 Å². The summed E-state index contributed by atoms with van der Waals surface area (Å²) in [5.41, 5.74) is 8.58. The zero-order valence-corrected chi connectivity index (χ0v) is 24.5. The Kier molecular flexibility index (Phi) is 8.83. The number of aromatic nitrogens is 4. The molecule has 45 heavy (non-hydrogen) atoms. The Labute approximate surface area is 258 Å². The molecule has 0 bridgehead atoms. The second kappa shape index (κ2) is 13.3. The van der Waals surface area contributed by atoms with Gasteiger partial charge in [-0.1, -0.05) is 60.7 Å². The molecule has 1 aliphatic rings. The van der Waals surface area contributed by atoms with Crippen molar-refractivity contribution in [3.8, 4) is 5.75 Å². The molecule has 0 radical (unpaired) electrons. The minimum absolute atomic E-state index is 0.0217. The zero-order chi connectivity index (χ0) is 31.3. The summed E-state index contributed by atoms with van der Waals surface area (Å²) < 4.78 is 32.8. The van der Waals surface area contributed by atoms with Crippen molar-refractivity contribution in [2.24, 2.45) is 5.73 Å². The molecular formula is C33H33F2N7O3. The highest BCUT2D eigenvalue weighted by Gasteiger charge is 2.27. The van der Waals surface area contributed by atoms with E-state index in [0.717, 1.165) is 30.5 Å². The van der Waals surface area contributed by atoms with Crippen molar-refractivity contribution in [2.45, 2.75) is 45.1 Å². The van der Waals surface area contributed by atoms with Crippen LogP contribution in [-0.2, 0) is 19.6 Å². The van der Waals surface area contributed by atoms with Gasteiger partial charge in [0.05, 0.1) is 13.1 Å². The quantitative estimate of drug-likeness (QED) is 0.207. The van der Waals surface area contributed by atoms with Gasteiger partial charge in [0.1, 0.15) is 5.75 Å². The lowest BCUT2D eigenvalue weighted by atomic mass is 10.1. The third-order valence-electron chi connectivity index (χ3n) is 7.77. The first-order valence-electron chi connectivity index (χ1n) is 14.8. The van der Waals surface area contributed by atoms with Crippen molar-refractivity contribution < 1.29 is 18.3 Å². The van der Waals surface area contributed by atoms with Crippen LogP contribution in [0, 0.1) is 0 Å². The zero-order valence-electron chi connectivity index (χ0n) is 24.5. The van der Waals surface area contributed by atoms with E-state index >= 15 is 0 Å². The van der Waals surface area contributed by atoms with Crippen LogP contribution in [0.3, 0.4) is 0 Å². The van der Waals surface area contributed by atoms with Gasteiger partial charge in [0.15, 0.2) is 16.9 Å². The van der Waals surface area contributed by atoms with Crippen LogP contribution in [0.15, 0.2) is 89.7 Å². The van der Waals surface area contributed by atoms with Gasteiger partial charge in [-0.15, -0.1) is 0 Å². The third kappa shape index (κ3) is 6.86. The Morgan fingerprint density at radius 3 is 2.31 bits per heavy atom. The van der Waals surface area contributed by atoms with E-state index in [2.05, 4.69) is 15.0 Å². The maximum atomic E-state index is 14.4. The molecule has 1 fully saturated rings. The maximum absolute atomic E-state index is 14.4. The summed E-state index contributed by atoms with van der Waals surface area (Å²) in [6.45, 7) is -1.27. The first kappa shape index (κ1) is 29.9. The predicted molar refractivity (Wildman–Crippen MR) is 168 cm³/mol. The Morgan fingerprint density at radius 1 is 0.956 bits per heavy atom. The number of anilines is 2. The molecule has 2 aromatic heterocycles. The summed E-state index contributed by atoms with van der Waals surface area (Å²) in [6.07, 6.45) is 1.80. The molecule has 0 spiro atoms. The molecule has 12 heteroatoms. The highest BCUT2D eigenvalue weighted by atomic mass is 19.3. The molecule has 5 aromatic rings. The molecule has 0 amide bonds. The van der Waals surface area contributed by atoms with Crippen LogP contribution < -0.4 is 26.2 Å². The molecular weight excluding hydrogens is 580 g/mol. The van der Waals surface area contributed by atoms with Crippen molar-refractivity contribution in [1.82, 2.24) is 19.1 Å². The fourth-order valence-electron chi connectivity index (χ4n) is 5.57. The largest absolute Gasteiger partial charge is 0.435 e. The number of benzene rings is 3. The Balaban J connectivity index is 1.44. The highest BCUT2D eigenvalue weighted by molar-refractivity contribution is 5.96. The van der Waals surface area contributed by atoms with E-state index in [1.165, 1.54) is 28.8 Å². The lowest BCUT2D eigenvalue weighted by molar-refractivity contribution is -0.0498. The van der Waals surface area contributed by atoms with Crippen LogP contribution in [0.25, 0.3) is 11.2 Å². The van der Waals surface area contributed by atoms with Crippen LogP contribution in [0.4, 0.5) is 20.7 Å². The number of hydrogen-bond acceptors (Lipinski definition) is 8. The average molecular weight is 614 g/mol. The predicted octanol–water partition coefficient (Wildman–Crippen LogP) is 4.67. The number of imidazole rings is 1. The van der Waals surface area contributed by atoms with Crippen molar-refractivity contribution in [1.29, 1.82) is 0 Å². The van der Waals surface area contributed by atoms with Gasteiger partial charge in [-0.25, -0.2) is 0 Å². The van der Waals surface area contributed by atoms with Crippen LogP contribution in [0.1, 0.15) is 34.3 Å². The van der Waals surface area contributed by atoms with Crippen molar-refractivity contribution in [3.05, 3.63) is 112 Å². The smallest absolute Gasteiger partial charge is 0.387 e. The van der Waals surface area contributed by atoms with Crippen LogP contribution in [0.5, 0.6) is 5.75 Å². The van der Waals surface area contributed by atoms with Crippen LogP contribution >= 0.6 is 0 Å². The van der Waals surface area contributed by atoms with E-state index in [-0.39, 0.29) is 41.0 Å². The van der Waals surface area contributed by atoms with Gasteiger partial charge in [-0.05, 0) is 48.2 Å². The number of carbonyl (C=O) groups excluding carboxylic acids is 1. The molecule has 3 N–H and O–H groups in total. The van der Waals surface area contributed by atoms with Gasteiger partial charge in [0, 0.05) is 31.2 Å². The van der Waals surface area contributed by atoms with Crippen LogP contribution in [-0.4, -0.2) is 50.6 Å². The lowest BCUT2D eigenvalue weighted by Crippen LogP contribution is -2.44. The number of ketones is 1.